The third-order valence-corrected chi connectivity index (χ3v) is 4.12. The van der Waals surface area contributed by atoms with Crippen LogP contribution in [0, 0.1) is 16.0 Å². The van der Waals surface area contributed by atoms with Crippen molar-refractivity contribution in [2.24, 2.45) is 5.92 Å². The largest absolute Gasteiger partial charge is 0.380 e. The Hall–Kier alpha value is -1.62. The Balaban J connectivity index is 2.01. The van der Waals surface area contributed by atoms with Crippen molar-refractivity contribution in [1.29, 1.82) is 0 Å². The highest BCUT2D eigenvalue weighted by Crippen LogP contribution is 2.27. The minimum absolute atomic E-state index is 0.152. The molecule has 0 heterocycles. The van der Waals surface area contributed by atoms with Crippen LogP contribution in [0.2, 0.25) is 0 Å². The summed E-state index contributed by atoms with van der Waals surface area (Å²) >= 11 is 0. The van der Waals surface area contributed by atoms with E-state index in [1.807, 2.05) is 19.1 Å². The first kappa shape index (κ1) is 15.8. The fourth-order valence-electron chi connectivity index (χ4n) is 3.18. The number of rotatable bonds is 7. The molecule has 1 saturated carbocycles. The Bertz CT molecular complexity index is 484. The Morgan fingerprint density at radius 1 is 1.38 bits per heavy atom. The first-order valence-corrected chi connectivity index (χ1v) is 7.80. The minimum atomic E-state index is -0.329. The maximum absolute atomic E-state index is 11.0. The number of nitro benzene ring substituents is 1. The van der Waals surface area contributed by atoms with Crippen LogP contribution in [0.25, 0.3) is 0 Å². The van der Waals surface area contributed by atoms with Gasteiger partial charge in [-0.25, -0.2) is 0 Å². The third kappa shape index (κ3) is 4.43. The Labute approximate surface area is 126 Å². The van der Waals surface area contributed by atoms with Crippen LogP contribution < -0.4 is 5.32 Å². The molecule has 1 aromatic carbocycles. The lowest BCUT2D eigenvalue weighted by atomic mass is 10.1. The highest BCUT2D eigenvalue weighted by Gasteiger charge is 2.18. The van der Waals surface area contributed by atoms with Crippen LogP contribution in [0.3, 0.4) is 0 Å². The van der Waals surface area contributed by atoms with Crippen molar-refractivity contribution in [3.05, 3.63) is 33.9 Å². The third-order valence-electron chi connectivity index (χ3n) is 4.12. The van der Waals surface area contributed by atoms with Gasteiger partial charge in [-0.15, -0.1) is 0 Å². The van der Waals surface area contributed by atoms with E-state index in [9.17, 15) is 10.1 Å². The Morgan fingerprint density at radius 3 is 2.71 bits per heavy atom. The van der Waals surface area contributed by atoms with Crippen molar-refractivity contribution < 1.29 is 4.92 Å². The zero-order valence-electron chi connectivity index (χ0n) is 13.0. The van der Waals surface area contributed by atoms with E-state index in [0.29, 0.717) is 12.2 Å². The van der Waals surface area contributed by atoms with Crippen LogP contribution >= 0.6 is 0 Å². The van der Waals surface area contributed by atoms with E-state index in [4.69, 9.17) is 0 Å². The minimum Gasteiger partial charge on any atom is -0.380 e. The predicted octanol–water partition coefficient (Wildman–Crippen LogP) is 3.65. The van der Waals surface area contributed by atoms with Gasteiger partial charge in [-0.3, -0.25) is 10.1 Å². The fourth-order valence-corrected chi connectivity index (χ4v) is 3.18. The molecule has 0 spiro atoms. The summed E-state index contributed by atoms with van der Waals surface area (Å²) < 4.78 is 0. The lowest BCUT2D eigenvalue weighted by molar-refractivity contribution is -0.384. The second kappa shape index (κ2) is 7.41. The molecule has 0 aromatic heterocycles. The smallest absolute Gasteiger partial charge is 0.292 e. The highest BCUT2D eigenvalue weighted by molar-refractivity contribution is 5.62. The average molecular weight is 291 g/mol. The number of nitrogens with one attached hydrogen (secondary N) is 1. The average Bonchev–Trinajstić information content (AvgIpc) is 2.91. The van der Waals surface area contributed by atoms with Crippen molar-refractivity contribution >= 4 is 11.4 Å². The van der Waals surface area contributed by atoms with E-state index in [2.05, 4.69) is 17.3 Å². The van der Waals surface area contributed by atoms with E-state index in [0.717, 1.165) is 24.6 Å². The van der Waals surface area contributed by atoms with Crippen molar-refractivity contribution in [3.63, 3.8) is 0 Å². The zero-order valence-corrected chi connectivity index (χ0v) is 13.0. The van der Waals surface area contributed by atoms with Gasteiger partial charge in [0.2, 0.25) is 0 Å². The standard InChI is InChI=1S/C16H25N3O2/c1-3-17-15-10-14(8-9-16(15)19(20)21)12-18(2)11-13-6-4-5-7-13/h8-10,13,17H,3-7,11-12H2,1-2H3. The molecular formula is C16H25N3O2. The molecule has 5 heteroatoms. The highest BCUT2D eigenvalue weighted by atomic mass is 16.6. The SMILES string of the molecule is CCNc1cc(CN(C)CC2CCCC2)ccc1[N+](=O)[O-]. The molecule has 0 atom stereocenters. The van der Waals surface area contributed by atoms with Crippen molar-refractivity contribution in [2.75, 3.05) is 25.5 Å². The topological polar surface area (TPSA) is 58.4 Å². The summed E-state index contributed by atoms with van der Waals surface area (Å²) in [7, 11) is 2.13. The van der Waals surface area contributed by atoms with Gasteiger partial charge in [-0.1, -0.05) is 18.9 Å². The molecule has 1 fully saturated rings. The number of benzene rings is 1. The molecule has 21 heavy (non-hydrogen) atoms. The van der Waals surface area contributed by atoms with Gasteiger partial charge >= 0.3 is 0 Å². The first-order valence-electron chi connectivity index (χ1n) is 7.80. The molecule has 0 amide bonds. The quantitative estimate of drug-likeness (QED) is 0.615. The number of nitrogens with zero attached hydrogens (tertiary/aromatic N) is 2. The lowest BCUT2D eigenvalue weighted by Crippen LogP contribution is -2.24. The summed E-state index contributed by atoms with van der Waals surface area (Å²) in [6.07, 6.45) is 5.40. The van der Waals surface area contributed by atoms with Crippen LogP contribution in [-0.2, 0) is 6.54 Å². The first-order chi connectivity index (χ1) is 10.1. The Kier molecular flexibility index (Phi) is 5.56. The molecule has 0 bridgehead atoms. The van der Waals surface area contributed by atoms with Gasteiger partial charge in [0.25, 0.3) is 5.69 Å². The molecule has 0 aliphatic heterocycles. The second-order valence-corrected chi connectivity index (χ2v) is 5.99. The van der Waals surface area contributed by atoms with Gasteiger partial charge < -0.3 is 10.2 Å². The summed E-state index contributed by atoms with van der Waals surface area (Å²) in [5.74, 6) is 0.821. The fraction of sp³-hybridized carbons (Fsp3) is 0.625. The maximum Gasteiger partial charge on any atom is 0.292 e. The van der Waals surface area contributed by atoms with E-state index in [1.54, 1.807) is 6.07 Å². The van der Waals surface area contributed by atoms with Crippen molar-refractivity contribution in [1.82, 2.24) is 4.90 Å². The summed E-state index contributed by atoms with van der Waals surface area (Å²) in [6, 6.07) is 5.38. The second-order valence-electron chi connectivity index (χ2n) is 5.99. The van der Waals surface area contributed by atoms with Crippen LogP contribution in [0.5, 0.6) is 0 Å². The van der Waals surface area contributed by atoms with Gasteiger partial charge in [0.1, 0.15) is 5.69 Å². The summed E-state index contributed by atoms with van der Waals surface area (Å²) in [4.78, 5) is 13.0. The van der Waals surface area contributed by atoms with Crippen LogP contribution in [0.4, 0.5) is 11.4 Å². The molecule has 1 aliphatic rings. The van der Waals surface area contributed by atoms with Gasteiger partial charge in [0, 0.05) is 25.7 Å². The molecule has 1 aromatic rings. The molecule has 0 saturated heterocycles. The number of hydrogen-bond donors (Lipinski definition) is 1. The molecule has 0 unspecified atom stereocenters. The van der Waals surface area contributed by atoms with Crippen LogP contribution in [0.1, 0.15) is 38.2 Å². The molecule has 116 valence electrons. The van der Waals surface area contributed by atoms with Gasteiger partial charge in [-0.2, -0.15) is 0 Å². The molecule has 1 aliphatic carbocycles. The Morgan fingerprint density at radius 2 is 2.10 bits per heavy atom. The van der Waals surface area contributed by atoms with E-state index in [1.165, 1.54) is 25.7 Å². The lowest BCUT2D eigenvalue weighted by Gasteiger charge is -2.21. The van der Waals surface area contributed by atoms with E-state index >= 15 is 0 Å². The van der Waals surface area contributed by atoms with Crippen LogP contribution in [-0.4, -0.2) is 30.0 Å². The molecular weight excluding hydrogens is 266 g/mol. The van der Waals surface area contributed by atoms with Gasteiger partial charge in [0.15, 0.2) is 0 Å². The molecule has 5 nitrogen and oxygen atoms in total. The number of anilines is 1. The van der Waals surface area contributed by atoms with Crippen molar-refractivity contribution in [2.45, 2.75) is 39.2 Å². The van der Waals surface area contributed by atoms with Gasteiger partial charge in [0.05, 0.1) is 4.92 Å². The summed E-state index contributed by atoms with van der Waals surface area (Å²) in [6.45, 7) is 4.59. The van der Waals surface area contributed by atoms with Gasteiger partial charge in [-0.05, 0) is 44.4 Å². The number of hydrogen-bond acceptors (Lipinski definition) is 4. The zero-order chi connectivity index (χ0) is 15.2. The van der Waals surface area contributed by atoms with E-state index in [-0.39, 0.29) is 10.6 Å². The molecule has 2 rings (SSSR count). The molecule has 0 radical (unpaired) electrons. The maximum atomic E-state index is 11.0. The van der Waals surface area contributed by atoms with Crippen LogP contribution in [0.15, 0.2) is 18.2 Å². The molecule has 1 N–H and O–H groups in total. The predicted molar refractivity (Wildman–Crippen MR) is 85.6 cm³/mol. The summed E-state index contributed by atoms with van der Waals surface area (Å²) in [5, 5.41) is 14.1. The monoisotopic (exact) mass is 291 g/mol. The number of nitro groups is 1. The summed E-state index contributed by atoms with van der Waals surface area (Å²) in [5.41, 5.74) is 1.89. The van der Waals surface area contributed by atoms with Crippen molar-refractivity contribution in [3.8, 4) is 0 Å². The normalized spacial score (nSPS) is 15.6. The van der Waals surface area contributed by atoms with E-state index < -0.39 is 0 Å².